The number of benzene rings is 1. The van der Waals surface area contributed by atoms with E-state index in [-0.39, 0.29) is 11.9 Å². The minimum atomic E-state index is -0.290. The molecule has 0 unspecified atom stereocenters. The zero-order valence-electron chi connectivity index (χ0n) is 14.8. The largest absolute Gasteiger partial charge is 0.368 e. The molecule has 1 atom stereocenters. The fraction of sp³-hybridized carbons (Fsp3) is 0.368. The number of nitrogens with one attached hydrogen (secondary N) is 2. The maximum atomic E-state index is 12.6. The molecule has 1 aromatic heterocycles. The van der Waals surface area contributed by atoms with Crippen LogP contribution in [0.15, 0.2) is 42.6 Å². The number of anilines is 1. The number of likely N-dealkylation sites (N-methyl/N-ethyl adjacent to an activating group) is 1. The number of amides is 1. The number of carbonyl (C=O) groups is 1. The van der Waals surface area contributed by atoms with E-state index in [9.17, 15) is 4.79 Å². The monoisotopic (exact) mass is 326 g/mol. The highest BCUT2D eigenvalue weighted by Gasteiger charge is 2.22. The molecule has 1 heterocycles. The van der Waals surface area contributed by atoms with Crippen molar-refractivity contribution in [1.29, 1.82) is 0 Å². The highest BCUT2D eigenvalue weighted by molar-refractivity contribution is 5.83. The van der Waals surface area contributed by atoms with E-state index in [0.29, 0.717) is 13.1 Å². The summed E-state index contributed by atoms with van der Waals surface area (Å²) in [5, 5.41) is 6.21. The van der Waals surface area contributed by atoms with Crippen molar-refractivity contribution in [1.82, 2.24) is 15.2 Å². The number of nitrogens with zero attached hydrogens (tertiary/aromatic N) is 2. The number of aromatic nitrogens is 1. The van der Waals surface area contributed by atoms with Gasteiger partial charge in [0.25, 0.3) is 0 Å². The van der Waals surface area contributed by atoms with Crippen molar-refractivity contribution in [2.45, 2.75) is 19.9 Å². The molecule has 128 valence electrons. The topological polar surface area (TPSA) is 57.3 Å². The van der Waals surface area contributed by atoms with E-state index < -0.39 is 0 Å². The minimum Gasteiger partial charge on any atom is -0.368 e. The molecule has 2 aromatic rings. The first-order chi connectivity index (χ1) is 11.5. The molecule has 0 aliphatic rings. The van der Waals surface area contributed by atoms with E-state index in [1.54, 1.807) is 6.20 Å². The Balaban J connectivity index is 1.89. The zero-order valence-corrected chi connectivity index (χ0v) is 14.8. The first-order valence-electron chi connectivity index (χ1n) is 8.14. The van der Waals surface area contributed by atoms with Crippen LogP contribution in [0, 0.1) is 13.8 Å². The van der Waals surface area contributed by atoms with Gasteiger partial charge in [-0.3, -0.25) is 9.69 Å². The normalized spacial score (nSPS) is 12.0. The van der Waals surface area contributed by atoms with E-state index >= 15 is 0 Å². The second kappa shape index (κ2) is 8.45. The number of carbonyl (C=O) groups excluding carboxylic acids is 1. The third kappa shape index (κ3) is 5.06. The average Bonchev–Trinajstić information content (AvgIpc) is 2.51. The van der Waals surface area contributed by atoms with Crippen LogP contribution < -0.4 is 10.6 Å². The fourth-order valence-corrected chi connectivity index (χ4v) is 2.63. The Hall–Kier alpha value is -2.40. The lowest BCUT2D eigenvalue weighted by Gasteiger charge is -2.24. The SMILES string of the molecule is Cc1cccc([C@@H](C(=O)NCCNc2cc(C)ccn2)N(C)C)c1. The van der Waals surface area contributed by atoms with E-state index in [1.165, 1.54) is 0 Å². The molecular formula is C19H26N4O. The standard InChI is InChI=1S/C19H26N4O/c1-14-6-5-7-16(12-14)18(23(3)4)19(24)22-11-10-21-17-13-15(2)8-9-20-17/h5-9,12-13,18H,10-11H2,1-4H3,(H,20,21)(H,22,24)/t18-/m0/s1. The van der Waals surface area contributed by atoms with Crippen LogP contribution in [0.2, 0.25) is 0 Å². The smallest absolute Gasteiger partial charge is 0.242 e. The first kappa shape index (κ1) is 17.9. The maximum Gasteiger partial charge on any atom is 0.242 e. The summed E-state index contributed by atoms with van der Waals surface area (Å²) in [6.45, 7) is 5.24. The van der Waals surface area contributed by atoms with E-state index in [1.807, 2.05) is 63.2 Å². The molecule has 1 amide bonds. The van der Waals surface area contributed by atoms with Gasteiger partial charge in [0, 0.05) is 19.3 Å². The quantitative estimate of drug-likeness (QED) is 0.768. The van der Waals surface area contributed by atoms with Crippen molar-refractivity contribution in [2.24, 2.45) is 0 Å². The molecule has 0 bridgehead atoms. The predicted octanol–water partition coefficient (Wildman–Crippen LogP) is 2.53. The van der Waals surface area contributed by atoms with Gasteiger partial charge in [-0.15, -0.1) is 0 Å². The molecular weight excluding hydrogens is 300 g/mol. The molecule has 0 saturated carbocycles. The van der Waals surface area contributed by atoms with Crippen LogP contribution in [0.5, 0.6) is 0 Å². The fourth-order valence-electron chi connectivity index (χ4n) is 2.63. The number of rotatable bonds is 7. The Labute approximate surface area is 144 Å². The molecule has 24 heavy (non-hydrogen) atoms. The van der Waals surface area contributed by atoms with Crippen molar-refractivity contribution in [2.75, 3.05) is 32.5 Å². The number of hydrogen-bond acceptors (Lipinski definition) is 4. The van der Waals surface area contributed by atoms with Crippen molar-refractivity contribution in [3.63, 3.8) is 0 Å². The predicted molar refractivity (Wildman–Crippen MR) is 98.1 cm³/mol. The molecule has 0 saturated heterocycles. The summed E-state index contributed by atoms with van der Waals surface area (Å²) in [5.74, 6) is 0.830. The molecule has 1 aromatic carbocycles. The van der Waals surface area contributed by atoms with Gasteiger partial charge in [-0.1, -0.05) is 29.8 Å². The summed E-state index contributed by atoms with van der Waals surface area (Å²) < 4.78 is 0. The summed E-state index contributed by atoms with van der Waals surface area (Å²) in [6, 6.07) is 11.7. The summed E-state index contributed by atoms with van der Waals surface area (Å²) in [6.07, 6.45) is 1.77. The molecule has 0 fully saturated rings. The van der Waals surface area contributed by atoms with Gasteiger partial charge in [-0.05, 0) is 51.2 Å². The third-order valence-corrected chi connectivity index (χ3v) is 3.77. The van der Waals surface area contributed by atoms with Gasteiger partial charge in [0.05, 0.1) is 0 Å². The zero-order chi connectivity index (χ0) is 17.5. The Morgan fingerprint density at radius 2 is 1.88 bits per heavy atom. The van der Waals surface area contributed by atoms with Crippen LogP contribution in [-0.2, 0) is 4.79 Å². The van der Waals surface area contributed by atoms with Crippen molar-refractivity contribution in [3.8, 4) is 0 Å². The highest BCUT2D eigenvalue weighted by Crippen LogP contribution is 2.19. The van der Waals surface area contributed by atoms with E-state index in [4.69, 9.17) is 0 Å². The van der Waals surface area contributed by atoms with Crippen LogP contribution in [0.25, 0.3) is 0 Å². The maximum absolute atomic E-state index is 12.6. The van der Waals surface area contributed by atoms with Gasteiger partial charge in [-0.25, -0.2) is 4.98 Å². The van der Waals surface area contributed by atoms with Crippen molar-refractivity contribution >= 4 is 11.7 Å². The number of aryl methyl sites for hydroxylation is 2. The lowest BCUT2D eigenvalue weighted by atomic mass is 10.0. The van der Waals surface area contributed by atoms with E-state index in [0.717, 1.165) is 22.5 Å². The Morgan fingerprint density at radius 3 is 2.54 bits per heavy atom. The van der Waals surface area contributed by atoms with Gasteiger partial charge >= 0.3 is 0 Å². The minimum absolute atomic E-state index is 0.00426. The Morgan fingerprint density at radius 1 is 1.12 bits per heavy atom. The molecule has 0 radical (unpaired) electrons. The van der Waals surface area contributed by atoms with Gasteiger partial charge in [0.15, 0.2) is 0 Å². The number of hydrogen-bond donors (Lipinski definition) is 2. The Bertz CT molecular complexity index is 685. The van der Waals surface area contributed by atoms with Crippen LogP contribution >= 0.6 is 0 Å². The van der Waals surface area contributed by atoms with E-state index in [2.05, 4.69) is 21.7 Å². The molecule has 2 N–H and O–H groups in total. The molecule has 5 nitrogen and oxygen atoms in total. The van der Waals surface area contributed by atoms with Gasteiger partial charge in [-0.2, -0.15) is 0 Å². The summed E-state index contributed by atoms with van der Waals surface area (Å²) in [4.78, 5) is 18.7. The van der Waals surface area contributed by atoms with Crippen LogP contribution in [-0.4, -0.2) is 43.0 Å². The molecule has 0 aliphatic carbocycles. The van der Waals surface area contributed by atoms with Crippen molar-refractivity contribution in [3.05, 3.63) is 59.3 Å². The second-order valence-electron chi connectivity index (χ2n) is 6.22. The second-order valence-corrected chi connectivity index (χ2v) is 6.22. The lowest BCUT2D eigenvalue weighted by molar-refractivity contribution is -0.125. The number of pyridine rings is 1. The molecule has 2 rings (SSSR count). The van der Waals surface area contributed by atoms with Crippen LogP contribution in [0.1, 0.15) is 22.7 Å². The molecule has 0 aliphatic heterocycles. The Kier molecular flexibility index (Phi) is 6.32. The lowest BCUT2D eigenvalue weighted by Crippen LogP contribution is -2.39. The van der Waals surface area contributed by atoms with Gasteiger partial charge < -0.3 is 10.6 Å². The highest BCUT2D eigenvalue weighted by atomic mass is 16.2. The van der Waals surface area contributed by atoms with Gasteiger partial charge in [0.1, 0.15) is 11.9 Å². The first-order valence-corrected chi connectivity index (χ1v) is 8.14. The van der Waals surface area contributed by atoms with Crippen LogP contribution in [0.3, 0.4) is 0 Å². The summed E-state index contributed by atoms with van der Waals surface area (Å²) >= 11 is 0. The molecule has 5 heteroatoms. The van der Waals surface area contributed by atoms with Crippen LogP contribution in [0.4, 0.5) is 5.82 Å². The van der Waals surface area contributed by atoms with Gasteiger partial charge in [0.2, 0.25) is 5.91 Å². The average molecular weight is 326 g/mol. The molecule has 0 spiro atoms. The summed E-state index contributed by atoms with van der Waals surface area (Å²) in [7, 11) is 3.84. The van der Waals surface area contributed by atoms with Crippen molar-refractivity contribution < 1.29 is 4.79 Å². The third-order valence-electron chi connectivity index (χ3n) is 3.77. The summed E-state index contributed by atoms with van der Waals surface area (Å²) in [5.41, 5.74) is 3.31.